The summed E-state index contributed by atoms with van der Waals surface area (Å²) >= 11 is 0. The zero-order valence-electron chi connectivity index (χ0n) is 13.3. The van der Waals surface area contributed by atoms with Gasteiger partial charge in [-0.3, -0.25) is 4.79 Å². The molecule has 1 heterocycles. The van der Waals surface area contributed by atoms with E-state index < -0.39 is 6.10 Å². The molecule has 6 heteroatoms. The Bertz CT molecular complexity index is 861. The fraction of sp³-hybridized carbons (Fsp3) is 0.167. The minimum atomic E-state index is -0.642. The highest BCUT2D eigenvalue weighted by Gasteiger charge is 2.16. The van der Waals surface area contributed by atoms with Crippen LogP contribution < -0.4 is 15.8 Å². The highest BCUT2D eigenvalue weighted by atomic mass is 16.5. The van der Waals surface area contributed by atoms with E-state index >= 15 is 0 Å². The maximum atomic E-state index is 12.2. The van der Waals surface area contributed by atoms with Crippen LogP contribution in [0.15, 0.2) is 54.7 Å². The molecule has 0 aliphatic rings. The molecule has 1 unspecified atom stereocenters. The Balaban J connectivity index is 1.65. The number of nitrogen functional groups attached to an aromatic ring is 1. The second-order valence-electron chi connectivity index (χ2n) is 5.35. The number of carbonyl (C=O) groups excluding carboxylic acids is 1. The first-order valence-electron chi connectivity index (χ1n) is 7.63. The molecule has 0 spiro atoms. The van der Waals surface area contributed by atoms with Gasteiger partial charge < -0.3 is 15.8 Å². The van der Waals surface area contributed by atoms with Crippen LogP contribution in [0.25, 0.3) is 10.8 Å². The van der Waals surface area contributed by atoms with Gasteiger partial charge in [0.15, 0.2) is 6.10 Å². The van der Waals surface area contributed by atoms with E-state index in [2.05, 4.69) is 15.3 Å². The van der Waals surface area contributed by atoms with Crippen LogP contribution >= 0.6 is 0 Å². The van der Waals surface area contributed by atoms with Gasteiger partial charge in [0, 0.05) is 11.6 Å². The quantitative estimate of drug-likeness (QED) is 0.752. The SMILES string of the molecule is CC(Oc1cccc2ccccc12)C(=O)NCc1nccc(N)n1. The van der Waals surface area contributed by atoms with Crippen LogP contribution in [-0.2, 0) is 11.3 Å². The summed E-state index contributed by atoms with van der Waals surface area (Å²) in [6.45, 7) is 1.91. The first-order valence-corrected chi connectivity index (χ1v) is 7.63. The van der Waals surface area contributed by atoms with Gasteiger partial charge >= 0.3 is 0 Å². The van der Waals surface area contributed by atoms with Gasteiger partial charge in [-0.1, -0.05) is 36.4 Å². The predicted octanol–water partition coefficient (Wildman–Crippen LogP) is 2.30. The smallest absolute Gasteiger partial charge is 0.261 e. The third-order valence-electron chi connectivity index (χ3n) is 3.57. The average molecular weight is 322 g/mol. The zero-order chi connectivity index (χ0) is 16.9. The Kier molecular flexibility index (Phi) is 4.56. The minimum Gasteiger partial charge on any atom is -0.480 e. The van der Waals surface area contributed by atoms with Gasteiger partial charge in [-0.15, -0.1) is 0 Å². The van der Waals surface area contributed by atoms with Crippen molar-refractivity contribution in [3.8, 4) is 5.75 Å². The fourth-order valence-electron chi connectivity index (χ4n) is 2.35. The number of ether oxygens (including phenoxy) is 1. The average Bonchev–Trinajstić information content (AvgIpc) is 2.60. The zero-order valence-corrected chi connectivity index (χ0v) is 13.3. The van der Waals surface area contributed by atoms with Gasteiger partial charge in [0.25, 0.3) is 5.91 Å². The maximum absolute atomic E-state index is 12.2. The lowest BCUT2D eigenvalue weighted by Crippen LogP contribution is -2.36. The first kappa shape index (κ1) is 15.7. The number of amides is 1. The number of nitrogens with zero attached hydrogens (tertiary/aromatic N) is 2. The van der Waals surface area contributed by atoms with E-state index in [-0.39, 0.29) is 12.5 Å². The van der Waals surface area contributed by atoms with Crippen molar-refractivity contribution in [1.29, 1.82) is 0 Å². The molecule has 3 N–H and O–H groups in total. The molecule has 3 aromatic rings. The molecule has 1 atom stereocenters. The van der Waals surface area contributed by atoms with Gasteiger partial charge in [0.2, 0.25) is 0 Å². The lowest BCUT2D eigenvalue weighted by atomic mass is 10.1. The third-order valence-corrected chi connectivity index (χ3v) is 3.57. The normalized spacial score (nSPS) is 11.9. The topological polar surface area (TPSA) is 90.1 Å². The van der Waals surface area contributed by atoms with E-state index in [0.29, 0.717) is 17.4 Å². The van der Waals surface area contributed by atoms with Crippen LogP contribution in [-0.4, -0.2) is 22.0 Å². The molecule has 0 aliphatic carbocycles. The third kappa shape index (κ3) is 3.60. The molecule has 0 aliphatic heterocycles. The number of benzene rings is 2. The molecular weight excluding hydrogens is 304 g/mol. The summed E-state index contributed by atoms with van der Waals surface area (Å²) in [7, 11) is 0. The molecule has 0 radical (unpaired) electrons. The molecular formula is C18H18N4O2. The molecule has 24 heavy (non-hydrogen) atoms. The Morgan fingerprint density at radius 3 is 2.83 bits per heavy atom. The summed E-state index contributed by atoms with van der Waals surface area (Å²) in [5.41, 5.74) is 5.59. The van der Waals surface area contributed by atoms with E-state index in [1.807, 2.05) is 42.5 Å². The predicted molar refractivity (Wildman–Crippen MR) is 92.3 cm³/mol. The van der Waals surface area contributed by atoms with Gasteiger partial charge in [0.1, 0.15) is 17.4 Å². The Labute approximate surface area is 139 Å². The highest BCUT2D eigenvalue weighted by Crippen LogP contribution is 2.25. The molecule has 0 saturated heterocycles. The molecule has 0 bridgehead atoms. The molecule has 0 fully saturated rings. The van der Waals surface area contributed by atoms with Crippen molar-refractivity contribution in [3.63, 3.8) is 0 Å². The minimum absolute atomic E-state index is 0.201. The molecule has 1 aromatic heterocycles. The molecule has 2 aromatic carbocycles. The van der Waals surface area contributed by atoms with Crippen molar-refractivity contribution in [1.82, 2.24) is 15.3 Å². The van der Waals surface area contributed by atoms with Crippen LogP contribution in [0.4, 0.5) is 5.82 Å². The van der Waals surface area contributed by atoms with Gasteiger partial charge in [-0.2, -0.15) is 0 Å². The lowest BCUT2D eigenvalue weighted by Gasteiger charge is -2.16. The van der Waals surface area contributed by atoms with Gasteiger partial charge in [0.05, 0.1) is 6.54 Å². The second kappa shape index (κ2) is 6.95. The number of aromatic nitrogens is 2. The van der Waals surface area contributed by atoms with E-state index in [1.165, 1.54) is 0 Å². The van der Waals surface area contributed by atoms with Crippen LogP contribution in [0.1, 0.15) is 12.7 Å². The summed E-state index contributed by atoms with van der Waals surface area (Å²) in [6.07, 6.45) is 0.914. The number of nitrogens with one attached hydrogen (secondary N) is 1. The summed E-state index contributed by atoms with van der Waals surface area (Å²) in [6, 6.07) is 15.2. The van der Waals surface area contributed by atoms with E-state index in [1.54, 1.807) is 19.2 Å². The van der Waals surface area contributed by atoms with Crippen molar-refractivity contribution in [2.75, 3.05) is 5.73 Å². The van der Waals surface area contributed by atoms with Crippen LogP contribution in [0.3, 0.4) is 0 Å². The summed E-state index contributed by atoms with van der Waals surface area (Å²) < 4.78 is 5.82. The molecule has 3 rings (SSSR count). The van der Waals surface area contributed by atoms with Crippen molar-refractivity contribution in [2.45, 2.75) is 19.6 Å². The molecule has 6 nitrogen and oxygen atoms in total. The molecule has 1 amide bonds. The van der Waals surface area contributed by atoms with Crippen molar-refractivity contribution >= 4 is 22.5 Å². The summed E-state index contributed by atoms with van der Waals surface area (Å²) in [5.74, 6) is 1.26. The highest BCUT2D eigenvalue weighted by molar-refractivity contribution is 5.89. The largest absolute Gasteiger partial charge is 0.480 e. The molecule has 122 valence electrons. The second-order valence-corrected chi connectivity index (χ2v) is 5.35. The van der Waals surface area contributed by atoms with Crippen LogP contribution in [0, 0.1) is 0 Å². The Hall–Kier alpha value is -3.15. The van der Waals surface area contributed by atoms with Gasteiger partial charge in [-0.05, 0) is 24.4 Å². The van der Waals surface area contributed by atoms with E-state index in [9.17, 15) is 4.79 Å². The summed E-state index contributed by atoms with van der Waals surface area (Å²) in [4.78, 5) is 20.3. The van der Waals surface area contributed by atoms with Gasteiger partial charge in [-0.25, -0.2) is 9.97 Å². The number of nitrogens with two attached hydrogens (primary N) is 1. The standard InChI is InChI=1S/C18H18N4O2/c1-12(18(23)21-11-17-20-10-9-16(19)22-17)24-15-8-4-6-13-5-2-3-7-14(13)15/h2-10,12H,11H2,1H3,(H,21,23)(H2,19,20,22). The van der Waals surface area contributed by atoms with Crippen molar-refractivity contribution in [2.24, 2.45) is 0 Å². The number of fused-ring (bicyclic) bond motifs is 1. The van der Waals surface area contributed by atoms with Crippen molar-refractivity contribution < 1.29 is 9.53 Å². The maximum Gasteiger partial charge on any atom is 0.261 e. The number of hydrogen-bond donors (Lipinski definition) is 2. The fourth-order valence-corrected chi connectivity index (χ4v) is 2.35. The Morgan fingerprint density at radius 1 is 1.21 bits per heavy atom. The number of hydrogen-bond acceptors (Lipinski definition) is 5. The van der Waals surface area contributed by atoms with E-state index in [0.717, 1.165) is 10.8 Å². The van der Waals surface area contributed by atoms with E-state index in [4.69, 9.17) is 10.5 Å². The molecule has 0 saturated carbocycles. The monoisotopic (exact) mass is 322 g/mol. The summed E-state index contributed by atoms with van der Waals surface area (Å²) in [5, 5.41) is 4.79. The number of carbonyl (C=O) groups is 1. The van der Waals surface area contributed by atoms with Crippen molar-refractivity contribution in [3.05, 3.63) is 60.6 Å². The number of anilines is 1. The lowest BCUT2D eigenvalue weighted by molar-refractivity contribution is -0.127. The van der Waals surface area contributed by atoms with Crippen LogP contribution in [0.2, 0.25) is 0 Å². The Morgan fingerprint density at radius 2 is 2.00 bits per heavy atom. The van der Waals surface area contributed by atoms with Crippen LogP contribution in [0.5, 0.6) is 5.75 Å². The first-order chi connectivity index (χ1) is 11.6. The number of rotatable bonds is 5.